The van der Waals surface area contributed by atoms with Crippen molar-refractivity contribution in [1.29, 1.82) is 0 Å². The van der Waals surface area contributed by atoms with Crippen LogP contribution >= 0.6 is 22.9 Å². The molecule has 0 aliphatic rings. The van der Waals surface area contributed by atoms with Crippen molar-refractivity contribution in [2.24, 2.45) is 0 Å². The van der Waals surface area contributed by atoms with Crippen molar-refractivity contribution in [2.45, 2.75) is 32.4 Å². The number of carbonyl (C=O) groups excluding carboxylic acids is 1. The molecule has 3 rings (SSSR count). The summed E-state index contributed by atoms with van der Waals surface area (Å²) in [5.41, 5.74) is -0.399. The molecule has 0 bridgehead atoms. The molecule has 28 heavy (non-hydrogen) atoms. The molecular formula is C19H16ClF3N2O2S. The minimum atomic E-state index is -4.43. The summed E-state index contributed by atoms with van der Waals surface area (Å²) in [6.45, 7) is 1.83. The Labute approximate surface area is 168 Å². The second-order valence-electron chi connectivity index (χ2n) is 6.17. The van der Waals surface area contributed by atoms with Crippen LogP contribution in [0.2, 0.25) is 5.02 Å². The topological polar surface area (TPSA) is 55.1 Å². The van der Waals surface area contributed by atoms with Crippen LogP contribution in [0.15, 0.2) is 40.9 Å². The van der Waals surface area contributed by atoms with Crippen LogP contribution < -0.4 is 5.32 Å². The third kappa shape index (κ3) is 5.36. The van der Waals surface area contributed by atoms with Gasteiger partial charge in [0.15, 0.2) is 5.13 Å². The van der Waals surface area contributed by atoms with E-state index in [4.69, 9.17) is 16.0 Å². The fourth-order valence-electron chi connectivity index (χ4n) is 2.56. The normalized spacial score (nSPS) is 11.6. The Morgan fingerprint density at radius 3 is 2.75 bits per heavy atom. The lowest BCUT2D eigenvalue weighted by atomic mass is 10.1. The maximum absolute atomic E-state index is 12.9. The Hall–Kier alpha value is -2.32. The Morgan fingerprint density at radius 2 is 2.07 bits per heavy atom. The number of anilines is 1. The van der Waals surface area contributed by atoms with Crippen molar-refractivity contribution >= 4 is 34.0 Å². The van der Waals surface area contributed by atoms with Crippen molar-refractivity contribution in [2.75, 3.05) is 5.32 Å². The lowest BCUT2D eigenvalue weighted by Gasteiger charge is -2.09. The fourth-order valence-corrected chi connectivity index (χ4v) is 3.60. The maximum atomic E-state index is 12.9. The van der Waals surface area contributed by atoms with Crippen molar-refractivity contribution in [3.63, 3.8) is 0 Å². The highest BCUT2D eigenvalue weighted by molar-refractivity contribution is 7.15. The fraction of sp³-hybridized carbons (Fsp3) is 0.263. The van der Waals surface area contributed by atoms with Gasteiger partial charge < -0.3 is 9.73 Å². The quantitative estimate of drug-likeness (QED) is 0.533. The van der Waals surface area contributed by atoms with Crippen molar-refractivity contribution < 1.29 is 22.4 Å². The molecule has 1 amide bonds. The first-order valence-corrected chi connectivity index (χ1v) is 9.55. The smallest absolute Gasteiger partial charge is 0.416 e. The van der Waals surface area contributed by atoms with Crippen molar-refractivity contribution in [3.05, 3.63) is 69.1 Å². The molecule has 0 saturated carbocycles. The maximum Gasteiger partial charge on any atom is 0.416 e. The van der Waals surface area contributed by atoms with Gasteiger partial charge in [-0.3, -0.25) is 4.79 Å². The second kappa shape index (κ2) is 8.36. The number of amides is 1. The van der Waals surface area contributed by atoms with Crippen molar-refractivity contribution in [3.8, 4) is 0 Å². The summed E-state index contributed by atoms with van der Waals surface area (Å²) in [7, 11) is 0. The van der Waals surface area contributed by atoms with E-state index in [0.29, 0.717) is 22.0 Å². The lowest BCUT2D eigenvalue weighted by Crippen LogP contribution is -2.11. The number of halogens is 4. The van der Waals surface area contributed by atoms with Gasteiger partial charge in [0.05, 0.1) is 5.56 Å². The first-order valence-electron chi connectivity index (χ1n) is 8.36. The zero-order chi connectivity index (χ0) is 20.3. The minimum Gasteiger partial charge on any atom is -0.466 e. The highest BCUT2D eigenvalue weighted by Crippen LogP contribution is 2.33. The third-order valence-corrected chi connectivity index (χ3v) is 5.21. The largest absolute Gasteiger partial charge is 0.466 e. The van der Waals surface area contributed by atoms with E-state index in [1.54, 1.807) is 0 Å². The van der Waals surface area contributed by atoms with Gasteiger partial charge in [-0.05, 0) is 42.8 Å². The van der Waals surface area contributed by atoms with Crippen LogP contribution in [-0.4, -0.2) is 10.9 Å². The molecule has 0 saturated heterocycles. The number of thiazole rings is 1. The number of benzene rings is 1. The van der Waals surface area contributed by atoms with Crippen LogP contribution in [0.25, 0.3) is 0 Å². The molecule has 4 nitrogen and oxygen atoms in total. The second-order valence-corrected chi connectivity index (χ2v) is 7.70. The summed E-state index contributed by atoms with van der Waals surface area (Å²) < 4.78 is 44.0. The van der Waals surface area contributed by atoms with Gasteiger partial charge in [-0.15, -0.1) is 11.3 Å². The van der Waals surface area contributed by atoms with Gasteiger partial charge in [-0.1, -0.05) is 11.6 Å². The predicted molar refractivity (Wildman–Crippen MR) is 102 cm³/mol. The molecule has 0 aliphatic heterocycles. The summed E-state index contributed by atoms with van der Waals surface area (Å²) in [6, 6.07) is 6.87. The number of carbonyl (C=O) groups is 1. The van der Waals surface area contributed by atoms with Gasteiger partial charge in [-0.25, -0.2) is 4.98 Å². The summed E-state index contributed by atoms with van der Waals surface area (Å²) in [4.78, 5) is 16.8. The summed E-state index contributed by atoms with van der Waals surface area (Å²) in [5.74, 6) is 1.30. The van der Waals surface area contributed by atoms with E-state index in [-0.39, 0.29) is 23.8 Å². The molecule has 1 aromatic carbocycles. The predicted octanol–water partition coefficient (Wildman–Crippen LogP) is 5.88. The molecule has 0 radical (unpaired) electrons. The number of alkyl halides is 3. The molecule has 0 spiro atoms. The van der Waals surface area contributed by atoms with Crippen LogP contribution in [0.5, 0.6) is 0 Å². The zero-order valence-electron chi connectivity index (χ0n) is 14.8. The number of hydrogen-bond acceptors (Lipinski definition) is 4. The van der Waals surface area contributed by atoms with Crippen LogP contribution in [-0.2, 0) is 23.8 Å². The molecule has 9 heteroatoms. The Morgan fingerprint density at radius 1 is 1.29 bits per heavy atom. The molecule has 0 unspecified atom stereocenters. The van der Waals surface area contributed by atoms with Crippen LogP contribution in [0, 0.1) is 6.92 Å². The van der Waals surface area contributed by atoms with Gasteiger partial charge in [0.1, 0.15) is 11.5 Å². The number of aryl methyl sites for hydroxylation is 2. The molecule has 3 aromatic rings. The number of nitrogens with zero attached hydrogens (tertiary/aromatic N) is 1. The van der Waals surface area contributed by atoms with Gasteiger partial charge in [-0.2, -0.15) is 13.2 Å². The van der Waals surface area contributed by atoms with E-state index in [2.05, 4.69) is 10.3 Å². The zero-order valence-corrected chi connectivity index (χ0v) is 16.3. The van der Waals surface area contributed by atoms with E-state index in [9.17, 15) is 18.0 Å². The number of nitrogens with one attached hydrogen (secondary N) is 1. The van der Waals surface area contributed by atoms with Gasteiger partial charge in [0.2, 0.25) is 5.91 Å². The van der Waals surface area contributed by atoms with Gasteiger partial charge in [0, 0.05) is 35.4 Å². The standard InChI is InChI=1S/C19H16ClF3N2O2S/c1-11-2-4-14(27-11)5-7-17(26)25-18-24-10-15(28-18)9-12-8-13(19(21,22)23)3-6-16(12)20/h2-4,6,8,10H,5,7,9H2,1H3,(H,24,25,26). The average Bonchev–Trinajstić information content (AvgIpc) is 3.23. The van der Waals surface area contributed by atoms with Crippen LogP contribution in [0.1, 0.15) is 33.9 Å². The Balaban J connectivity index is 1.60. The lowest BCUT2D eigenvalue weighted by molar-refractivity contribution is -0.137. The third-order valence-electron chi connectivity index (χ3n) is 3.93. The number of aromatic nitrogens is 1. The van der Waals surface area contributed by atoms with E-state index in [1.807, 2.05) is 19.1 Å². The number of furan rings is 1. The molecule has 0 atom stereocenters. The Bertz CT molecular complexity index is 982. The highest BCUT2D eigenvalue weighted by atomic mass is 35.5. The first-order chi connectivity index (χ1) is 13.2. The molecule has 148 valence electrons. The Kier molecular flexibility index (Phi) is 6.10. The molecule has 0 aliphatic carbocycles. The molecule has 0 fully saturated rings. The van der Waals surface area contributed by atoms with E-state index >= 15 is 0 Å². The van der Waals surface area contributed by atoms with Crippen LogP contribution in [0.3, 0.4) is 0 Å². The van der Waals surface area contributed by atoms with Gasteiger partial charge in [0.25, 0.3) is 0 Å². The number of hydrogen-bond donors (Lipinski definition) is 1. The van der Waals surface area contributed by atoms with E-state index in [0.717, 1.165) is 23.7 Å². The average molecular weight is 429 g/mol. The van der Waals surface area contributed by atoms with Gasteiger partial charge >= 0.3 is 6.18 Å². The molecule has 2 heterocycles. The number of rotatable bonds is 6. The SMILES string of the molecule is Cc1ccc(CCC(=O)Nc2ncc(Cc3cc(C(F)(F)F)ccc3Cl)s2)o1. The minimum absolute atomic E-state index is 0.196. The highest BCUT2D eigenvalue weighted by Gasteiger charge is 2.30. The van der Waals surface area contributed by atoms with E-state index in [1.165, 1.54) is 23.6 Å². The first kappa shape index (κ1) is 20.4. The van der Waals surface area contributed by atoms with Crippen LogP contribution in [0.4, 0.5) is 18.3 Å². The molecular weight excluding hydrogens is 413 g/mol. The van der Waals surface area contributed by atoms with E-state index < -0.39 is 11.7 Å². The van der Waals surface area contributed by atoms with Crippen molar-refractivity contribution in [1.82, 2.24) is 4.98 Å². The molecule has 2 aromatic heterocycles. The summed E-state index contributed by atoms with van der Waals surface area (Å²) in [6.07, 6.45) is -2.01. The summed E-state index contributed by atoms with van der Waals surface area (Å²) >= 11 is 7.22. The summed E-state index contributed by atoms with van der Waals surface area (Å²) in [5, 5.41) is 3.33. The monoisotopic (exact) mass is 428 g/mol. The molecule has 1 N–H and O–H groups in total.